The first-order chi connectivity index (χ1) is 9.86. The predicted octanol–water partition coefficient (Wildman–Crippen LogP) is 1.87. The second-order valence-electron chi connectivity index (χ2n) is 4.33. The van der Waals surface area contributed by atoms with Gasteiger partial charge < -0.3 is 19.5 Å². The van der Waals surface area contributed by atoms with Gasteiger partial charge in [0.15, 0.2) is 0 Å². The minimum Gasteiger partial charge on any atom is -0.382 e. The van der Waals surface area contributed by atoms with Gasteiger partial charge in [-0.2, -0.15) is 0 Å². The number of nitrogens with one attached hydrogen (secondary N) is 1. The average molecular weight is 283 g/mol. The van der Waals surface area contributed by atoms with E-state index in [4.69, 9.17) is 14.2 Å². The largest absolute Gasteiger partial charge is 0.382 e. The van der Waals surface area contributed by atoms with Crippen molar-refractivity contribution < 1.29 is 14.2 Å². The first kappa shape index (κ1) is 16.8. The number of rotatable bonds is 12. The van der Waals surface area contributed by atoms with Gasteiger partial charge in [0.1, 0.15) is 5.82 Å². The van der Waals surface area contributed by atoms with Crippen molar-refractivity contribution in [3.8, 4) is 0 Å². The predicted molar refractivity (Wildman–Crippen MR) is 77.8 cm³/mol. The van der Waals surface area contributed by atoms with Crippen LogP contribution in [0.2, 0.25) is 0 Å². The average Bonchev–Trinajstić information content (AvgIpc) is 2.49. The summed E-state index contributed by atoms with van der Waals surface area (Å²) < 4.78 is 15.7. The van der Waals surface area contributed by atoms with Gasteiger partial charge in [0.25, 0.3) is 0 Å². The molecule has 1 rings (SSSR count). The van der Waals surface area contributed by atoms with Crippen LogP contribution in [0.3, 0.4) is 0 Å². The Kier molecular flexibility index (Phi) is 9.73. The molecule has 0 saturated carbocycles. The molecule has 0 amide bonds. The molecule has 0 fully saturated rings. The molecule has 6 heteroatoms. The number of anilines is 1. The van der Waals surface area contributed by atoms with Gasteiger partial charge in [0.05, 0.1) is 37.9 Å². The molecule has 114 valence electrons. The fraction of sp³-hybridized carbons (Fsp3) is 0.714. The number of ether oxygens (including phenoxy) is 3. The molecule has 6 nitrogen and oxygen atoms in total. The zero-order valence-electron chi connectivity index (χ0n) is 12.4. The molecule has 0 aliphatic rings. The fourth-order valence-corrected chi connectivity index (χ4v) is 1.46. The minimum atomic E-state index is 0.485. The third kappa shape index (κ3) is 8.04. The number of hydrogen-bond acceptors (Lipinski definition) is 6. The number of methoxy groups -OCH3 is 1. The Bertz CT molecular complexity index is 333. The van der Waals surface area contributed by atoms with E-state index in [9.17, 15) is 0 Å². The van der Waals surface area contributed by atoms with Crippen molar-refractivity contribution in [2.45, 2.75) is 26.4 Å². The van der Waals surface area contributed by atoms with E-state index in [1.54, 1.807) is 19.5 Å². The maximum atomic E-state index is 5.51. The molecule has 0 aliphatic carbocycles. The van der Waals surface area contributed by atoms with Crippen LogP contribution in [0.4, 0.5) is 5.82 Å². The third-order valence-corrected chi connectivity index (χ3v) is 2.52. The Balaban J connectivity index is 2.04. The van der Waals surface area contributed by atoms with Gasteiger partial charge in [-0.1, -0.05) is 6.92 Å². The lowest BCUT2D eigenvalue weighted by Crippen LogP contribution is -2.06. The lowest BCUT2D eigenvalue weighted by molar-refractivity contribution is 0.0478. The van der Waals surface area contributed by atoms with Crippen LogP contribution >= 0.6 is 0 Å². The third-order valence-electron chi connectivity index (χ3n) is 2.52. The molecule has 1 aromatic heterocycles. The smallest absolute Gasteiger partial charge is 0.144 e. The molecule has 0 spiro atoms. The van der Waals surface area contributed by atoms with E-state index in [1.807, 2.05) is 0 Å². The number of nitrogens with zero attached hydrogens (tertiary/aromatic N) is 2. The minimum absolute atomic E-state index is 0.485. The summed E-state index contributed by atoms with van der Waals surface area (Å²) in [6.45, 7) is 6.12. The van der Waals surface area contributed by atoms with E-state index in [0.29, 0.717) is 33.0 Å². The summed E-state index contributed by atoms with van der Waals surface area (Å²) in [7, 11) is 1.66. The van der Waals surface area contributed by atoms with Crippen molar-refractivity contribution in [3.05, 3.63) is 18.1 Å². The monoisotopic (exact) mass is 283 g/mol. The summed E-state index contributed by atoms with van der Waals surface area (Å²) in [6.07, 6.45) is 5.42. The molecule has 0 unspecified atom stereocenters. The van der Waals surface area contributed by atoms with Crippen LogP contribution in [-0.2, 0) is 20.8 Å². The molecule has 0 aromatic carbocycles. The molecular formula is C14H25N3O3. The summed E-state index contributed by atoms with van der Waals surface area (Å²) in [5.74, 6) is 0.808. The number of hydrogen-bond donors (Lipinski definition) is 1. The van der Waals surface area contributed by atoms with Crippen LogP contribution in [0.5, 0.6) is 0 Å². The molecule has 0 bridgehead atoms. The Morgan fingerprint density at radius 2 is 1.90 bits per heavy atom. The maximum absolute atomic E-state index is 5.51. The highest BCUT2D eigenvalue weighted by molar-refractivity contribution is 5.30. The first-order valence-electron chi connectivity index (χ1n) is 7.06. The van der Waals surface area contributed by atoms with Crippen LogP contribution in [-0.4, -0.2) is 50.1 Å². The molecule has 0 aliphatic heterocycles. The van der Waals surface area contributed by atoms with E-state index >= 15 is 0 Å². The molecule has 1 N–H and O–H groups in total. The van der Waals surface area contributed by atoms with Gasteiger partial charge in [0, 0.05) is 26.9 Å². The molecule has 1 heterocycles. The molecule has 0 atom stereocenters. The van der Waals surface area contributed by atoms with Crippen LogP contribution in [0.1, 0.15) is 25.5 Å². The van der Waals surface area contributed by atoms with Crippen molar-refractivity contribution in [3.63, 3.8) is 0 Å². The zero-order valence-corrected chi connectivity index (χ0v) is 12.4. The molecule has 0 radical (unpaired) electrons. The summed E-state index contributed by atoms with van der Waals surface area (Å²) in [6, 6.07) is 0. The Morgan fingerprint density at radius 1 is 1.05 bits per heavy atom. The second-order valence-corrected chi connectivity index (χ2v) is 4.33. The summed E-state index contributed by atoms with van der Waals surface area (Å²) >= 11 is 0. The lowest BCUT2D eigenvalue weighted by atomic mass is 10.4. The van der Waals surface area contributed by atoms with Gasteiger partial charge in [-0.15, -0.1) is 0 Å². The summed E-state index contributed by atoms with van der Waals surface area (Å²) in [4.78, 5) is 8.56. The van der Waals surface area contributed by atoms with E-state index in [0.717, 1.165) is 30.9 Å². The van der Waals surface area contributed by atoms with Crippen LogP contribution in [0, 0.1) is 0 Å². The fourth-order valence-electron chi connectivity index (χ4n) is 1.46. The standard InChI is InChI=1S/C14H25N3O3/c1-3-5-15-14-11-16-13(10-17-14)12-20-7-4-6-19-9-8-18-2/h10-11H,3-9,12H2,1-2H3,(H,15,17). The van der Waals surface area contributed by atoms with Crippen LogP contribution < -0.4 is 5.32 Å². The Morgan fingerprint density at radius 3 is 2.60 bits per heavy atom. The van der Waals surface area contributed by atoms with Gasteiger partial charge in [-0.05, 0) is 12.8 Å². The first-order valence-corrected chi connectivity index (χ1v) is 7.06. The van der Waals surface area contributed by atoms with Crippen molar-refractivity contribution in [1.29, 1.82) is 0 Å². The van der Waals surface area contributed by atoms with Gasteiger partial charge in [-0.25, -0.2) is 4.98 Å². The zero-order chi connectivity index (χ0) is 14.5. The topological polar surface area (TPSA) is 65.5 Å². The van der Waals surface area contributed by atoms with E-state index in [2.05, 4.69) is 22.2 Å². The van der Waals surface area contributed by atoms with Gasteiger partial charge >= 0.3 is 0 Å². The van der Waals surface area contributed by atoms with E-state index in [-0.39, 0.29) is 0 Å². The maximum Gasteiger partial charge on any atom is 0.144 e. The highest BCUT2D eigenvalue weighted by Gasteiger charge is 1.98. The molecule has 1 aromatic rings. The van der Waals surface area contributed by atoms with Crippen molar-refractivity contribution >= 4 is 5.82 Å². The molecule has 0 saturated heterocycles. The highest BCUT2D eigenvalue weighted by Crippen LogP contribution is 2.02. The van der Waals surface area contributed by atoms with E-state index < -0.39 is 0 Å². The quantitative estimate of drug-likeness (QED) is 0.591. The normalized spacial score (nSPS) is 10.7. The SMILES string of the molecule is CCCNc1cnc(COCCCOCCOC)cn1. The van der Waals surface area contributed by atoms with Gasteiger partial charge in [0.2, 0.25) is 0 Å². The van der Waals surface area contributed by atoms with Crippen molar-refractivity contribution in [2.75, 3.05) is 45.4 Å². The molecular weight excluding hydrogens is 258 g/mol. The Labute approximate surface area is 120 Å². The second kappa shape index (κ2) is 11.6. The molecule has 20 heavy (non-hydrogen) atoms. The highest BCUT2D eigenvalue weighted by atomic mass is 16.5. The van der Waals surface area contributed by atoms with Crippen LogP contribution in [0.25, 0.3) is 0 Å². The van der Waals surface area contributed by atoms with Gasteiger partial charge in [-0.3, -0.25) is 4.98 Å². The number of aromatic nitrogens is 2. The Hall–Kier alpha value is -1.24. The van der Waals surface area contributed by atoms with Crippen molar-refractivity contribution in [2.24, 2.45) is 0 Å². The van der Waals surface area contributed by atoms with Crippen molar-refractivity contribution in [1.82, 2.24) is 9.97 Å². The lowest BCUT2D eigenvalue weighted by Gasteiger charge is -2.06. The summed E-state index contributed by atoms with van der Waals surface area (Å²) in [5.41, 5.74) is 0.840. The van der Waals surface area contributed by atoms with E-state index in [1.165, 1.54) is 0 Å². The summed E-state index contributed by atoms with van der Waals surface area (Å²) in [5, 5.41) is 3.18. The van der Waals surface area contributed by atoms with Crippen LogP contribution in [0.15, 0.2) is 12.4 Å².